The topological polar surface area (TPSA) is 122 Å². The summed E-state index contributed by atoms with van der Waals surface area (Å²) in [6.07, 6.45) is 0.271. The normalized spacial score (nSPS) is 15.8. The lowest BCUT2D eigenvalue weighted by Gasteiger charge is -2.32. The Labute approximate surface area is 192 Å². The number of benzene rings is 2. The zero-order valence-corrected chi connectivity index (χ0v) is 20.0. The molecule has 1 heterocycles. The van der Waals surface area contributed by atoms with Crippen LogP contribution >= 0.6 is 7.60 Å². The van der Waals surface area contributed by atoms with E-state index in [9.17, 15) is 24.1 Å². The Bertz CT molecular complexity index is 1060. The van der Waals surface area contributed by atoms with E-state index >= 15 is 0 Å². The molecule has 2 amide bonds. The van der Waals surface area contributed by atoms with Gasteiger partial charge in [0.2, 0.25) is 0 Å². The van der Waals surface area contributed by atoms with Crippen molar-refractivity contribution in [3.8, 4) is 0 Å². The monoisotopic (exact) mass is 476 g/mol. The van der Waals surface area contributed by atoms with Gasteiger partial charge in [-0.2, -0.15) is 0 Å². The zero-order chi connectivity index (χ0) is 24.3. The summed E-state index contributed by atoms with van der Waals surface area (Å²) in [7, 11) is -1.34. The quantitative estimate of drug-likeness (QED) is 0.372. The number of carboxylic acid groups (broad SMARTS) is 1. The summed E-state index contributed by atoms with van der Waals surface area (Å²) in [6.45, 7) is 3.66. The lowest BCUT2D eigenvalue weighted by molar-refractivity contribution is -0.140. The maximum absolute atomic E-state index is 13.2. The van der Waals surface area contributed by atoms with Crippen LogP contribution in [-0.2, 0) is 18.4 Å². The van der Waals surface area contributed by atoms with E-state index in [4.69, 9.17) is 9.05 Å². The Balaban J connectivity index is 1.88. The molecule has 2 N–H and O–H groups in total. The van der Waals surface area contributed by atoms with Gasteiger partial charge in [-0.05, 0) is 36.3 Å². The van der Waals surface area contributed by atoms with Crippen LogP contribution in [0.1, 0.15) is 47.4 Å². The molecule has 0 spiro atoms. The number of aliphatic carboxylic acids is 1. The SMILES string of the molecule is COP(=O)(OC)C(CCN1C(=O)c2cccc3cccc(c23)C1=O)N[C@@H](CC(C)C)C(=O)O. The van der Waals surface area contributed by atoms with Crippen molar-refractivity contribution in [3.05, 3.63) is 47.5 Å². The minimum absolute atomic E-state index is 0.0174. The molecule has 0 radical (unpaired) electrons. The molecule has 0 aromatic heterocycles. The van der Waals surface area contributed by atoms with Gasteiger partial charge in [-0.15, -0.1) is 0 Å². The molecular formula is C23H29N2O7P. The molecule has 0 fully saturated rings. The molecule has 2 aromatic carbocycles. The lowest BCUT2D eigenvalue weighted by Crippen LogP contribution is -2.47. The molecule has 33 heavy (non-hydrogen) atoms. The number of nitrogens with zero attached hydrogens (tertiary/aromatic N) is 1. The first-order valence-electron chi connectivity index (χ1n) is 10.7. The van der Waals surface area contributed by atoms with Crippen molar-refractivity contribution in [1.29, 1.82) is 0 Å². The highest BCUT2D eigenvalue weighted by Crippen LogP contribution is 2.52. The van der Waals surface area contributed by atoms with Crippen LogP contribution in [0.25, 0.3) is 10.8 Å². The number of hydrogen-bond donors (Lipinski definition) is 2. The highest BCUT2D eigenvalue weighted by atomic mass is 31.2. The fourth-order valence-electron chi connectivity index (χ4n) is 4.14. The van der Waals surface area contributed by atoms with Crippen LogP contribution in [0, 0.1) is 5.92 Å². The molecule has 1 aliphatic heterocycles. The van der Waals surface area contributed by atoms with Crippen LogP contribution in [0.3, 0.4) is 0 Å². The van der Waals surface area contributed by atoms with Crippen LogP contribution < -0.4 is 5.32 Å². The van der Waals surface area contributed by atoms with Crippen molar-refractivity contribution in [2.75, 3.05) is 20.8 Å². The van der Waals surface area contributed by atoms with Crippen molar-refractivity contribution in [3.63, 3.8) is 0 Å². The standard InChI is InChI=1S/C23H29N2O7P/c1-14(2)13-18(23(28)29)24-19(33(30,31-3)32-4)11-12-25-21(26)16-9-5-7-15-8-6-10-17(20(15)16)22(25)27/h5-10,14,18-19,24H,11-13H2,1-4H3,(H,28,29)/t18-,19?/m0/s1. The van der Waals surface area contributed by atoms with Crippen molar-refractivity contribution in [1.82, 2.24) is 10.2 Å². The summed E-state index contributed by atoms with van der Waals surface area (Å²) in [5.41, 5.74) is 0.828. The van der Waals surface area contributed by atoms with Gasteiger partial charge >= 0.3 is 13.6 Å². The Morgan fingerprint density at radius 2 is 1.61 bits per heavy atom. The molecule has 10 heteroatoms. The second kappa shape index (κ2) is 10.1. The minimum Gasteiger partial charge on any atom is -0.480 e. The summed E-state index contributed by atoms with van der Waals surface area (Å²) < 4.78 is 23.4. The lowest BCUT2D eigenvalue weighted by atomic mass is 9.94. The number of nitrogens with one attached hydrogen (secondary N) is 1. The van der Waals surface area contributed by atoms with E-state index < -0.39 is 37.2 Å². The molecule has 0 bridgehead atoms. The van der Waals surface area contributed by atoms with Crippen molar-refractivity contribution in [2.24, 2.45) is 5.92 Å². The van der Waals surface area contributed by atoms with E-state index in [1.807, 2.05) is 26.0 Å². The average molecular weight is 476 g/mol. The molecule has 2 atom stereocenters. The second-order valence-corrected chi connectivity index (χ2v) is 10.8. The van der Waals surface area contributed by atoms with Crippen LogP contribution in [0.4, 0.5) is 0 Å². The van der Waals surface area contributed by atoms with E-state index in [2.05, 4.69) is 5.32 Å². The van der Waals surface area contributed by atoms with Crippen molar-refractivity contribution < 1.29 is 33.1 Å². The number of carboxylic acids is 1. The number of amides is 2. The highest BCUT2D eigenvalue weighted by molar-refractivity contribution is 7.54. The van der Waals surface area contributed by atoms with E-state index in [0.717, 1.165) is 10.3 Å². The molecule has 178 valence electrons. The van der Waals surface area contributed by atoms with E-state index in [1.54, 1.807) is 24.3 Å². The predicted molar refractivity (Wildman–Crippen MR) is 123 cm³/mol. The summed E-state index contributed by atoms with van der Waals surface area (Å²) in [4.78, 5) is 39.2. The molecule has 1 aliphatic rings. The first kappa shape index (κ1) is 25.1. The molecule has 0 aliphatic carbocycles. The molecule has 3 rings (SSSR count). The van der Waals surface area contributed by atoms with Crippen LogP contribution in [0.5, 0.6) is 0 Å². The Hall–Kier alpha value is -2.58. The third-order valence-corrected chi connectivity index (χ3v) is 7.96. The highest BCUT2D eigenvalue weighted by Gasteiger charge is 2.39. The number of rotatable bonds is 11. The van der Waals surface area contributed by atoms with Gasteiger partial charge in [-0.1, -0.05) is 38.1 Å². The molecule has 1 unspecified atom stereocenters. The molecule has 9 nitrogen and oxygen atoms in total. The number of hydrogen-bond acceptors (Lipinski definition) is 7. The largest absolute Gasteiger partial charge is 0.480 e. The van der Waals surface area contributed by atoms with Gasteiger partial charge in [0.15, 0.2) is 0 Å². The minimum atomic E-state index is -3.77. The van der Waals surface area contributed by atoms with Crippen LogP contribution in [0.15, 0.2) is 36.4 Å². The third-order valence-electron chi connectivity index (χ3n) is 5.77. The molecule has 0 saturated heterocycles. The molecule has 2 aromatic rings. The van der Waals surface area contributed by atoms with Gasteiger partial charge in [0.25, 0.3) is 11.8 Å². The van der Waals surface area contributed by atoms with Crippen LogP contribution in [-0.4, -0.2) is 60.4 Å². The summed E-state index contributed by atoms with van der Waals surface area (Å²) in [5, 5.41) is 13.9. The fraction of sp³-hybridized carbons (Fsp3) is 0.435. The Morgan fingerprint density at radius 3 is 2.06 bits per heavy atom. The maximum atomic E-state index is 13.2. The van der Waals surface area contributed by atoms with E-state index in [0.29, 0.717) is 16.5 Å². The van der Waals surface area contributed by atoms with Crippen LogP contribution in [0.2, 0.25) is 0 Å². The first-order valence-corrected chi connectivity index (χ1v) is 12.3. The predicted octanol–water partition coefficient (Wildman–Crippen LogP) is 3.73. The van der Waals surface area contributed by atoms with Gasteiger partial charge in [-0.25, -0.2) is 0 Å². The number of carbonyl (C=O) groups excluding carboxylic acids is 2. The van der Waals surface area contributed by atoms with E-state index in [1.165, 1.54) is 14.2 Å². The van der Waals surface area contributed by atoms with Gasteiger partial charge in [0.05, 0.1) is 0 Å². The second-order valence-electron chi connectivity index (χ2n) is 8.37. The summed E-state index contributed by atoms with van der Waals surface area (Å²) in [6, 6.07) is 9.52. The number of imide groups is 1. The van der Waals surface area contributed by atoms with Gasteiger partial charge in [0.1, 0.15) is 11.8 Å². The van der Waals surface area contributed by atoms with Gasteiger partial charge < -0.3 is 14.2 Å². The van der Waals surface area contributed by atoms with E-state index in [-0.39, 0.29) is 25.3 Å². The number of carbonyl (C=O) groups is 3. The van der Waals surface area contributed by atoms with Crippen molar-refractivity contribution >= 4 is 36.2 Å². The average Bonchev–Trinajstić information content (AvgIpc) is 2.79. The Kier molecular flexibility index (Phi) is 7.69. The van der Waals surface area contributed by atoms with Gasteiger partial charge in [0, 0.05) is 37.3 Å². The molecule has 0 saturated carbocycles. The third kappa shape index (κ3) is 5.01. The smallest absolute Gasteiger partial charge is 0.346 e. The van der Waals surface area contributed by atoms with Gasteiger partial charge in [-0.3, -0.25) is 29.2 Å². The molecular weight excluding hydrogens is 447 g/mol. The summed E-state index contributed by atoms with van der Waals surface area (Å²) >= 11 is 0. The zero-order valence-electron chi connectivity index (χ0n) is 19.1. The first-order chi connectivity index (χ1) is 15.6. The Morgan fingerprint density at radius 1 is 1.06 bits per heavy atom. The fourth-order valence-corrected chi connectivity index (χ4v) is 5.59. The van der Waals surface area contributed by atoms with Crippen molar-refractivity contribution in [2.45, 2.75) is 38.5 Å². The maximum Gasteiger partial charge on any atom is 0.346 e. The summed E-state index contributed by atoms with van der Waals surface area (Å²) in [5.74, 6) is -2.99.